The molecule has 2 aromatic rings. The lowest BCUT2D eigenvalue weighted by Crippen LogP contribution is -2.61. The fraction of sp³-hybridized carbons (Fsp3) is 0.605. The van der Waals surface area contributed by atoms with Crippen molar-refractivity contribution in [3.63, 3.8) is 0 Å². The SMILES string of the molecule is CC(C)N1CCO[C@]2(/C=C/C[C@H](C)[C@@H](C)S(=O)(=O)NC(=O)c3ccc4c(c3)N(C[C@@H]3CC[C@H]32)C[C@@]2(CCCc3cc(Cl)ccc32)CO4)C1. The maximum atomic E-state index is 13.6. The fourth-order valence-electron chi connectivity index (χ4n) is 8.91. The lowest BCUT2D eigenvalue weighted by molar-refractivity contribution is -0.149. The summed E-state index contributed by atoms with van der Waals surface area (Å²) in [5.74, 6) is 0.605. The van der Waals surface area contributed by atoms with Gasteiger partial charge in [0.15, 0.2) is 0 Å². The minimum absolute atomic E-state index is 0.195. The average Bonchev–Trinajstić information content (AvgIpc) is 3.18. The van der Waals surface area contributed by atoms with Crippen LogP contribution in [0.1, 0.15) is 81.3 Å². The number of halogens is 1. The number of morpholine rings is 1. The van der Waals surface area contributed by atoms with Crippen LogP contribution in [0.15, 0.2) is 48.6 Å². The fourth-order valence-corrected chi connectivity index (χ4v) is 10.4. The van der Waals surface area contributed by atoms with Gasteiger partial charge in [-0.3, -0.25) is 9.69 Å². The summed E-state index contributed by atoms with van der Waals surface area (Å²) in [7, 11) is -3.93. The summed E-state index contributed by atoms with van der Waals surface area (Å²) < 4.78 is 42.9. The van der Waals surface area contributed by atoms with Crippen molar-refractivity contribution >= 4 is 33.2 Å². The molecule has 2 aliphatic carbocycles. The summed E-state index contributed by atoms with van der Waals surface area (Å²) in [6.45, 7) is 12.6. The van der Waals surface area contributed by atoms with Crippen molar-refractivity contribution < 1.29 is 22.7 Å². The number of carbonyl (C=O) groups excluding carboxylic acids is 1. The van der Waals surface area contributed by atoms with Crippen LogP contribution in [0.4, 0.5) is 5.69 Å². The third-order valence-electron chi connectivity index (χ3n) is 12.2. The number of fused-ring (bicyclic) bond motifs is 5. The van der Waals surface area contributed by atoms with Gasteiger partial charge in [0, 0.05) is 48.2 Å². The van der Waals surface area contributed by atoms with Crippen molar-refractivity contribution in [1.82, 2.24) is 9.62 Å². The Balaban J connectivity index is 1.33. The summed E-state index contributed by atoms with van der Waals surface area (Å²) in [5.41, 5.74) is 3.03. The number of nitrogens with zero attached hydrogens (tertiary/aromatic N) is 2. The number of aryl methyl sites for hydroxylation is 1. The number of hydrogen-bond acceptors (Lipinski definition) is 7. The van der Waals surface area contributed by atoms with Gasteiger partial charge in [-0.15, -0.1) is 0 Å². The monoisotopic (exact) mass is 695 g/mol. The van der Waals surface area contributed by atoms with Crippen LogP contribution in [-0.4, -0.2) is 75.5 Å². The topological polar surface area (TPSA) is 88.2 Å². The maximum Gasteiger partial charge on any atom is 0.264 e. The average molecular weight is 696 g/mol. The molecule has 1 saturated heterocycles. The zero-order valence-electron chi connectivity index (χ0n) is 28.7. The smallest absolute Gasteiger partial charge is 0.264 e. The molecule has 2 aromatic carbocycles. The molecule has 2 spiro atoms. The Hall–Kier alpha value is -2.59. The molecule has 7 rings (SSSR count). The second-order valence-corrected chi connectivity index (χ2v) is 17.9. The molecular formula is C38H50ClN3O5S. The zero-order chi connectivity index (χ0) is 33.8. The van der Waals surface area contributed by atoms with E-state index in [2.05, 4.69) is 52.7 Å². The number of rotatable bonds is 1. The number of benzene rings is 2. The Labute approximate surface area is 291 Å². The van der Waals surface area contributed by atoms with E-state index in [0.29, 0.717) is 43.1 Å². The molecule has 10 heteroatoms. The van der Waals surface area contributed by atoms with Gasteiger partial charge in [-0.1, -0.05) is 36.7 Å². The van der Waals surface area contributed by atoms with Gasteiger partial charge in [0.25, 0.3) is 5.91 Å². The summed E-state index contributed by atoms with van der Waals surface area (Å²) in [5, 5.41) is -0.00669. The van der Waals surface area contributed by atoms with E-state index >= 15 is 0 Å². The van der Waals surface area contributed by atoms with Crippen LogP contribution in [-0.2, 0) is 26.6 Å². The number of amides is 1. The molecule has 1 amide bonds. The van der Waals surface area contributed by atoms with Crippen molar-refractivity contribution in [1.29, 1.82) is 0 Å². The van der Waals surface area contributed by atoms with Gasteiger partial charge in [0.1, 0.15) is 11.4 Å². The van der Waals surface area contributed by atoms with Crippen molar-refractivity contribution in [2.24, 2.45) is 17.8 Å². The molecule has 6 atom stereocenters. The van der Waals surface area contributed by atoms with Crippen molar-refractivity contribution in [2.75, 3.05) is 44.3 Å². The normalized spacial score (nSPS) is 34.4. The van der Waals surface area contributed by atoms with E-state index < -0.39 is 26.8 Å². The molecule has 3 heterocycles. The van der Waals surface area contributed by atoms with Crippen LogP contribution < -0.4 is 14.4 Å². The van der Waals surface area contributed by atoms with Gasteiger partial charge < -0.3 is 14.4 Å². The van der Waals surface area contributed by atoms with Gasteiger partial charge in [0.2, 0.25) is 10.0 Å². The Morgan fingerprint density at radius 2 is 1.92 bits per heavy atom. The second kappa shape index (κ2) is 12.9. The predicted octanol–water partition coefficient (Wildman–Crippen LogP) is 6.36. The molecular weight excluding hydrogens is 646 g/mol. The molecule has 0 aromatic heterocycles. The summed E-state index contributed by atoms with van der Waals surface area (Å²) in [4.78, 5) is 18.5. The summed E-state index contributed by atoms with van der Waals surface area (Å²) in [6.07, 6.45) is 10.2. The lowest BCUT2D eigenvalue weighted by Gasteiger charge is -2.54. The molecule has 260 valence electrons. The maximum absolute atomic E-state index is 13.6. The highest BCUT2D eigenvalue weighted by Gasteiger charge is 2.51. The molecule has 1 N–H and O–H groups in total. The van der Waals surface area contributed by atoms with Crippen LogP contribution in [0.2, 0.25) is 5.02 Å². The number of nitrogens with one attached hydrogen (secondary N) is 1. The standard InChI is InChI=1S/C38H50ClN3O5S/c1-25(2)41-17-18-47-38(23-41)16-5-7-26(3)27(4)48(44,45)40-36(43)29-10-14-35-34(20-29)42(21-30-9-12-33(30)38)22-37(24-46-35)15-6-8-28-19-31(39)11-13-32(28)37/h5,10-11,13-14,16,19-20,25-27,30,33H,6-9,12,15,17-18,21-24H2,1-4H3,(H,40,43)/b16-5+/t26-,27+,30-,33+,37-,38+/m0/s1. The van der Waals surface area contributed by atoms with E-state index in [4.69, 9.17) is 21.1 Å². The minimum Gasteiger partial charge on any atom is -0.490 e. The lowest BCUT2D eigenvalue weighted by atomic mass is 9.63. The van der Waals surface area contributed by atoms with Gasteiger partial charge in [0.05, 0.1) is 24.2 Å². The number of ether oxygens (including phenoxy) is 2. The Morgan fingerprint density at radius 3 is 2.69 bits per heavy atom. The quantitative estimate of drug-likeness (QED) is 0.348. The number of hydrogen-bond donors (Lipinski definition) is 1. The second-order valence-electron chi connectivity index (χ2n) is 15.4. The molecule has 48 heavy (non-hydrogen) atoms. The molecule has 0 radical (unpaired) electrons. The van der Waals surface area contributed by atoms with Crippen LogP contribution in [0.25, 0.3) is 0 Å². The van der Waals surface area contributed by atoms with Crippen molar-refractivity contribution in [3.05, 3.63) is 70.3 Å². The first-order valence-electron chi connectivity index (χ1n) is 17.8. The first-order chi connectivity index (χ1) is 22.9. The van der Waals surface area contributed by atoms with E-state index in [1.54, 1.807) is 13.0 Å². The van der Waals surface area contributed by atoms with Crippen LogP contribution in [0.3, 0.4) is 0 Å². The van der Waals surface area contributed by atoms with E-state index in [-0.39, 0.29) is 11.3 Å². The van der Waals surface area contributed by atoms with Crippen LogP contribution in [0, 0.1) is 17.8 Å². The Bertz CT molecular complexity index is 1700. The number of anilines is 1. The molecule has 2 bridgehead atoms. The Kier molecular flexibility index (Phi) is 9.14. The summed E-state index contributed by atoms with van der Waals surface area (Å²) in [6, 6.07) is 12.0. The van der Waals surface area contributed by atoms with E-state index in [0.717, 1.165) is 74.7 Å². The highest BCUT2D eigenvalue weighted by atomic mass is 35.5. The van der Waals surface area contributed by atoms with Gasteiger partial charge in [-0.2, -0.15) is 0 Å². The van der Waals surface area contributed by atoms with Crippen LogP contribution in [0.5, 0.6) is 5.75 Å². The molecule has 3 aliphatic heterocycles. The molecule has 1 saturated carbocycles. The number of sulfonamides is 1. The van der Waals surface area contributed by atoms with E-state index in [1.807, 2.05) is 25.1 Å². The van der Waals surface area contributed by atoms with Crippen LogP contribution >= 0.6 is 11.6 Å². The molecule has 5 aliphatic rings. The molecule has 8 nitrogen and oxygen atoms in total. The largest absolute Gasteiger partial charge is 0.490 e. The van der Waals surface area contributed by atoms with Gasteiger partial charge in [-0.25, -0.2) is 13.1 Å². The third kappa shape index (κ3) is 6.18. The van der Waals surface area contributed by atoms with Gasteiger partial charge >= 0.3 is 0 Å². The first-order valence-corrected chi connectivity index (χ1v) is 19.7. The number of carbonyl (C=O) groups is 1. The predicted molar refractivity (Wildman–Crippen MR) is 191 cm³/mol. The van der Waals surface area contributed by atoms with Gasteiger partial charge in [-0.05, 0) is 119 Å². The molecule has 0 unspecified atom stereocenters. The van der Waals surface area contributed by atoms with E-state index in [1.165, 1.54) is 11.1 Å². The summed E-state index contributed by atoms with van der Waals surface area (Å²) >= 11 is 6.47. The van der Waals surface area contributed by atoms with Crippen molar-refractivity contribution in [2.45, 2.75) is 88.5 Å². The first kappa shape index (κ1) is 33.9. The zero-order valence-corrected chi connectivity index (χ0v) is 30.3. The van der Waals surface area contributed by atoms with Crippen molar-refractivity contribution in [3.8, 4) is 5.75 Å². The highest BCUT2D eigenvalue weighted by molar-refractivity contribution is 7.90. The molecule has 2 fully saturated rings. The third-order valence-corrected chi connectivity index (χ3v) is 14.3. The highest BCUT2D eigenvalue weighted by Crippen LogP contribution is 2.50. The minimum atomic E-state index is -3.93. The van der Waals surface area contributed by atoms with E-state index in [9.17, 15) is 13.2 Å². The Morgan fingerprint density at radius 1 is 1.08 bits per heavy atom. The number of allylic oxidation sites excluding steroid dienone is 1.